The minimum atomic E-state index is 0.167. The van der Waals surface area contributed by atoms with Crippen LogP contribution in [0.5, 0.6) is 0 Å². The number of amides is 1. The van der Waals surface area contributed by atoms with E-state index in [0.717, 1.165) is 45.6 Å². The van der Waals surface area contributed by atoms with Crippen LogP contribution in [0.2, 0.25) is 0 Å². The first-order valence-corrected chi connectivity index (χ1v) is 8.01. The molecule has 0 aromatic rings. The Bertz CT molecular complexity index is 321. The molecule has 0 aromatic heterocycles. The first-order valence-electron chi connectivity index (χ1n) is 8.01. The maximum atomic E-state index is 12.3. The number of nitrogens with zero attached hydrogens (tertiary/aromatic N) is 1. The lowest BCUT2D eigenvalue weighted by Gasteiger charge is -2.26. The zero-order valence-corrected chi connectivity index (χ0v) is 12.2. The van der Waals surface area contributed by atoms with Gasteiger partial charge in [0.1, 0.15) is 6.61 Å². The molecule has 5 heteroatoms. The highest BCUT2D eigenvalue weighted by Gasteiger charge is 2.34. The zero-order valence-electron chi connectivity index (χ0n) is 12.2. The van der Waals surface area contributed by atoms with Gasteiger partial charge in [0, 0.05) is 31.2 Å². The van der Waals surface area contributed by atoms with Gasteiger partial charge in [-0.1, -0.05) is 0 Å². The number of carbonyl (C=O) groups excluding carboxylic acids is 1. The second kappa shape index (κ2) is 6.87. The van der Waals surface area contributed by atoms with Crippen molar-refractivity contribution in [2.45, 2.75) is 44.2 Å². The van der Waals surface area contributed by atoms with Crippen LogP contribution in [0.25, 0.3) is 0 Å². The molecule has 5 nitrogen and oxygen atoms in total. The van der Waals surface area contributed by atoms with Crippen LogP contribution in [0.15, 0.2) is 0 Å². The third kappa shape index (κ3) is 3.93. The minimum absolute atomic E-state index is 0.167. The Balaban J connectivity index is 1.40. The zero-order chi connectivity index (χ0) is 13.8. The van der Waals surface area contributed by atoms with Gasteiger partial charge in [0.15, 0.2) is 0 Å². The predicted molar refractivity (Wildman–Crippen MR) is 75.5 cm³/mol. The molecule has 2 aliphatic heterocycles. The molecule has 0 bridgehead atoms. The van der Waals surface area contributed by atoms with Crippen LogP contribution in [-0.4, -0.2) is 62.4 Å². The van der Waals surface area contributed by atoms with E-state index in [1.165, 1.54) is 12.8 Å². The van der Waals surface area contributed by atoms with Crippen LogP contribution in [0.4, 0.5) is 0 Å². The molecule has 0 radical (unpaired) electrons. The van der Waals surface area contributed by atoms with Gasteiger partial charge in [-0.15, -0.1) is 0 Å². The van der Waals surface area contributed by atoms with Crippen LogP contribution in [0.3, 0.4) is 0 Å². The second-order valence-electron chi connectivity index (χ2n) is 6.32. The molecule has 1 amide bonds. The third-order valence-electron chi connectivity index (χ3n) is 4.49. The Hall–Kier alpha value is -0.650. The average molecular weight is 282 g/mol. The lowest BCUT2D eigenvalue weighted by molar-refractivity contribution is -0.137. The Morgan fingerprint density at radius 1 is 1.30 bits per heavy atom. The highest BCUT2D eigenvalue weighted by Crippen LogP contribution is 2.28. The van der Waals surface area contributed by atoms with Crippen molar-refractivity contribution in [3.63, 3.8) is 0 Å². The summed E-state index contributed by atoms with van der Waals surface area (Å²) in [5.74, 6) is 0.647. The molecule has 114 valence electrons. The first kappa shape index (κ1) is 14.3. The fourth-order valence-electron chi connectivity index (χ4n) is 3.10. The van der Waals surface area contributed by atoms with Gasteiger partial charge in [0.05, 0.1) is 13.2 Å². The van der Waals surface area contributed by atoms with E-state index in [0.29, 0.717) is 24.6 Å². The van der Waals surface area contributed by atoms with E-state index >= 15 is 0 Å². The SMILES string of the molecule is O=C(COCC1CCOC1)N(CC1CCCN1)C1CC1. The van der Waals surface area contributed by atoms with Gasteiger partial charge >= 0.3 is 0 Å². The van der Waals surface area contributed by atoms with Crippen molar-refractivity contribution in [1.82, 2.24) is 10.2 Å². The van der Waals surface area contributed by atoms with Gasteiger partial charge in [-0.25, -0.2) is 0 Å². The van der Waals surface area contributed by atoms with E-state index in [1.807, 2.05) is 4.90 Å². The maximum Gasteiger partial charge on any atom is 0.248 e. The van der Waals surface area contributed by atoms with Gasteiger partial charge in [-0.3, -0.25) is 4.79 Å². The van der Waals surface area contributed by atoms with Gasteiger partial charge in [-0.2, -0.15) is 0 Å². The summed E-state index contributed by atoms with van der Waals surface area (Å²) in [6.07, 6.45) is 5.81. The van der Waals surface area contributed by atoms with Crippen LogP contribution < -0.4 is 5.32 Å². The molecule has 2 atom stereocenters. The fraction of sp³-hybridized carbons (Fsp3) is 0.933. The molecular formula is C15H26N2O3. The summed E-state index contributed by atoms with van der Waals surface area (Å²) < 4.78 is 10.9. The highest BCUT2D eigenvalue weighted by atomic mass is 16.5. The van der Waals surface area contributed by atoms with Gasteiger partial charge < -0.3 is 19.7 Å². The van der Waals surface area contributed by atoms with Crippen molar-refractivity contribution < 1.29 is 14.3 Å². The normalized spacial score (nSPS) is 29.8. The van der Waals surface area contributed by atoms with Gasteiger partial charge in [0.25, 0.3) is 0 Å². The largest absolute Gasteiger partial charge is 0.381 e. The van der Waals surface area contributed by atoms with E-state index in [1.54, 1.807) is 0 Å². The molecule has 1 aliphatic carbocycles. The van der Waals surface area contributed by atoms with E-state index in [2.05, 4.69) is 5.32 Å². The van der Waals surface area contributed by atoms with E-state index < -0.39 is 0 Å². The van der Waals surface area contributed by atoms with Crippen LogP contribution >= 0.6 is 0 Å². The molecule has 2 unspecified atom stereocenters. The molecular weight excluding hydrogens is 256 g/mol. The Labute approximate surface area is 121 Å². The van der Waals surface area contributed by atoms with Crippen molar-refractivity contribution in [2.24, 2.45) is 5.92 Å². The van der Waals surface area contributed by atoms with Crippen LogP contribution in [-0.2, 0) is 14.3 Å². The fourth-order valence-corrected chi connectivity index (χ4v) is 3.10. The summed E-state index contributed by atoms with van der Waals surface area (Å²) >= 11 is 0. The van der Waals surface area contributed by atoms with Gasteiger partial charge in [-0.05, 0) is 38.6 Å². The summed E-state index contributed by atoms with van der Waals surface area (Å²) in [6, 6.07) is 0.964. The Kier molecular flexibility index (Phi) is 4.91. The second-order valence-corrected chi connectivity index (χ2v) is 6.32. The number of ether oxygens (including phenoxy) is 2. The highest BCUT2D eigenvalue weighted by molar-refractivity contribution is 5.78. The summed E-state index contributed by atoms with van der Waals surface area (Å²) in [5.41, 5.74) is 0. The Morgan fingerprint density at radius 2 is 2.20 bits per heavy atom. The number of hydrogen-bond donors (Lipinski definition) is 1. The summed E-state index contributed by atoms with van der Waals surface area (Å²) in [4.78, 5) is 14.4. The number of carbonyl (C=O) groups is 1. The molecule has 1 saturated carbocycles. The van der Waals surface area contributed by atoms with E-state index in [4.69, 9.17) is 9.47 Å². The van der Waals surface area contributed by atoms with Crippen LogP contribution in [0, 0.1) is 5.92 Å². The number of nitrogens with one attached hydrogen (secondary N) is 1. The molecule has 2 heterocycles. The molecule has 0 spiro atoms. The smallest absolute Gasteiger partial charge is 0.248 e. The first-order chi connectivity index (χ1) is 9.83. The van der Waals surface area contributed by atoms with Crippen molar-refractivity contribution in [1.29, 1.82) is 0 Å². The van der Waals surface area contributed by atoms with Crippen molar-refractivity contribution in [3.8, 4) is 0 Å². The molecule has 3 aliphatic rings. The standard InChI is InChI=1S/C15H26N2O3/c18-15(11-20-10-12-5-7-19-9-12)17(14-3-4-14)8-13-2-1-6-16-13/h12-14,16H,1-11H2. The molecule has 3 rings (SSSR count). The lowest BCUT2D eigenvalue weighted by atomic mass is 10.1. The lowest BCUT2D eigenvalue weighted by Crippen LogP contribution is -2.44. The quantitative estimate of drug-likeness (QED) is 0.750. The minimum Gasteiger partial charge on any atom is -0.381 e. The topological polar surface area (TPSA) is 50.8 Å². The summed E-state index contributed by atoms with van der Waals surface area (Å²) in [5, 5.41) is 3.47. The number of hydrogen-bond acceptors (Lipinski definition) is 4. The summed E-state index contributed by atoms with van der Waals surface area (Å²) in [7, 11) is 0. The Morgan fingerprint density at radius 3 is 2.85 bits per heavy atom. The molecule has 20 heavy (non-hydrogen) atoms. The summed E-state index contributed by atoms with van der Waals surface area (Å²) in [6.45, 7) is 4.47. The predicted octanol–water partition coefficient (Wildman–Crippen LogP) is 0.783. The van der Waals surface area contributed by atoms with E-state index in [-0.39, 0.29) is 12.5 Å². The molecule has 3 fully saturated rings. The van der Waals surface area contributed by atoms with Crippen molar-refractivity contribution >= 4 is 5.91 Å². The molecule has 2 saturated heterocycles. The number of rotatable bonds is 7. The maximum absolute atomic E-state index is 12.3. The van der Waals surface area contributed by atoms with Crippen molar-refractivity contribution in [2.75, 3.05) is 39.5 Å². The third-order valence-corrected chi connectivity index (χ3v) is 4.49. The molecule has 0 aromatic carbocycles. The molecule has 1 N–H and O–H groups in total. The van der Waals surface area contributed by atoms with E-state index in [9.17, 15) is 4.79 Å². The van der Waals surface area contributed by atoms with Crippen molar-refractivity contribution in [3.05, 3.63) is 0 Å². The van der Waals surface area contributed by atoms with Crippen LogP contribution in [0.1, 0.15) is 32.1 Å². The average Bonchev–Trinajstić information content (AvgIpc) is 2.93. The van der Waals surface area contributed by atoms with Gasteiger partial charge in [0.2, 0.25) is 5.91 Å². The monoisotopic (exact) mass is 282 g/mol.